The summed E-state index contributed by atoms with van der Waals surface area (Å²) >= 11 is 0. The standard InChI is InChI=1S/C22H29N3O6/c1-22(2,3)18-12-16(7-8-24(18)21(29)30)31-15-6-4-5-14(11-15)23-17-13-19(27)25(9-10-26)20(17)28/h4-6,11,13,16,18,23,26H,7-10,12H2,1-3H3,(H,29,30). The van der Waals surface area contributed by atoms with Crippen LogP contribution in [0.1, 0.15) is 33.6 Å². The third-order valence-corrected chi connectivity index (χ3v) is 5.55. The van der Waals surface area contributed by atoms with Gasteiger partial charge in [-0.3, -0.25) is 14.5 Å². The number of aliphatic hydroxyl groups excluding tert-OH is 1. The SMILES string of the molecule is CC(C)(C)C1CC(Oc2cccc(NC3=CC(=O)N(CCO)C3=O)c2)CCN1C(=O)O. The molecule has 1 fully saturated rings. The van der Waals surface area contributed by atoms with Crippen molar-refractivity contribution >= 4 is 23.6 Å². The Morgan fingerprint density at radius 1 is 1.29 bits per heavy atom. The van der Waals surface area contributed by atoms with Crippen LogP contribution >= 0.6 is 0 Å². The molecule has 2 aliphatic heterocycles. The monoisotopic (exact) mass is 431 g/mol. The first-order valence-corrected chi connectivity index (χ1v) is 10.3. The number of benzene rings is 1. The van der Waals surface area contributed by atoms with Gasteiger partial charge in [-0.2, -0.15) is 0 Å². The van der Waals surface area contributed by atoms with Crippen LogP contribution in [0.5, 0.6) is 5.75 Å². The molecule has 31 heavy (non-hydrogen) atoms. The fraction of sp³-hybridized carbons (Fsp3) is 0.500. The van der Waals surface area contributed by atoms with E-state index in [1.807, 2.05) is 20.8 Å². The van der Waals surface area contributed by atoms with Crippen LogP contribution in [0.2, 0.25) is 0 Å². The molecule has 2 aliphatic rings. The van der Waals surface area contributed by atoms with E-state index in [9.17, 15) is 19.5 Å². The third-order valence-electron chi connectivity index (χ3n) is 5.55. The zero-order chi connectivity index (χ0) is 22.8. The van der Waals surface area contributed by atoms with Gasteiger partial charge in [0.15, 0.2) is 0 Å². The lowest BCUT2D eigenvalue weighted by Crippen LogP contribution is -2.53. The molecule has 1 aromatic carbocycles. The van der Waals surface area contributed by atoms with Gasteiger partial charge in [0.25, 0.3) is 11.8 Å². The zero-order valence-electron chi connectivity index (χ0n) is 18.0. The van der Waals surface area contributed by atoms with Gasteiger partial charge in [0, 0.05) is 43.3 Å². The van der Waals surface area contributed by atoms with Crippen LogP contribution in [0.15, 0.2) is 36.0 Å². The summed E-state index contributed by atoms with van der Waals surface area (Å²) in [6.45, 7) is 6.13. The van der Waals surface area contributed by atoms with Crippen molar-refractivity contribution in [2.24, 2.45) is 5.41 Å². The summed E-state index contributed by atoms with van der Waals surface area (Å²) in [5, 5.41) is 21.5. The smallest absolute Gasteiger partial charge is 0.407 e. The van der Waals surface area contributed by atoms with E-state index in [4.69, 9.17) is 9.84 Å². The number of imide groups is 1. The molecule has 0 saturated carbocycles. The number of piperidine rings is 1. The van der Waals surface area contributed by atoms with Crippen LogP contribution in [-0.4, -0.2) is 69.8 Å². The van der Waals surface area contributed by atoms with Crippen molar-refractivity contribution in [2.45, 2.75) is 45.8 Å². The number of carbonyl (C=O) groups is 3. The topological polar surface area (TPSA) is 119 Å². The predicted octanol–water partition coefficient (Wildman–Crippen LogP) is 2.28. The van der Waals surface area contributed by atoms with Crippen molar-refractivity contribution in [1.82, 2.24) is 9.80 Å². The minimum Gasteiger partial charge on any atom is -0.490 e. The van der Waals surface area contributed by atoms with Crippen molar-refractivity contribution in [3.05, 3.63) is 36.0 Å². The zero-order valence-corrected chi connectivity index (χ0v) is 18.0. The summed E-state index contributed by atoms with van der Waals surface area (Å²) in [5.41, 5.74) is 0.510. The molecule has 2 unspecified atom stereocenters. The Balaban J connectivity index is 1.67. The lowest BCUT2D eigenvalue weighted by atomic mass is 9.80. The summed E-state index contributed by atoms with van der Waals surface area (Å²) in [6, 6.07) is 6.91. The maximum Gasteiger partial charge on any atom is 0.407 e. The second-order valence-corrected chi connectivity index (χ2v) is 8.85. The molecule has 1 aromatic rings. The van der Waals surface area contributed by atoms with E-state index in [0.29, 0.717) is 30.8 Å². The van der Waals surface area contributed by atoms with Gasteiger partial charge in [0.05, 0.1) is 13.2 Å². The second kappa shape index (κ2) is 8.97. The molecular weight excluding hydrogens is 402 g/mol. The Morgan fingerprint density at radius 3 is 2.68 bits per heavy atom. The first-order valence-electron chi connectivity index (χ1n) is 10.3. The number of nitrogens with zero attached hydrogens (tertiary/aromatic N) is 2. The summed E-state index contributed by atoms with van der Waals surface area (Å²) in [6.07, 6.45) is 1.33. The van der Waals surface area contributed by atoms with Crippen LogP contribution in [0.4, 0.5) is 10.5 Å². The summed E-state index contributed by atoms with van der Waals surface area (Å²) < 4.78 is 6.15. The molecule has 0 aliphatic carbocycles. The lowest BCUT2D eigenvalue weighted by molar-refractivity contribution is -0.137. The van der Waals surface area contributed by atoms with Crippen molar-refractivity contribution < 1.29 is 29.3 Å². The number of rotatable bonds is 6. The molecule has 3 N–H and O–H groups in total. The molecule has 1 saturated heterocycles. The lowest BCUT2D eigenvalue weighted by Gasteiger charge is -2.44. The van der Waals surface area contributed by atoms with E-state index >= 15 is 0 Å². The highest BCUT2D eigenvalue weighted by Gasteiger charge is 2.39. The number of nitrogens with one attached hydrogen (secondary N) is 1. The number of hydrogen-bond donors (Lipinski definition) is 3. The first kappa shape index (κ1) is 22.6. The van der Waals surface area contributed by atoms with Gasteiger partial charge >= 0.3 is 6.09 Å². The molecule has 0 spiro atoms. The van der Waals surface area contributed by atoms with E-state index in [1.165, 1.54) is 11.0 Å². The number of ether oxygens (including phenoxy) is 1. The first-order chi connectivity index (χ1) is 14.6. The van der Waals surface area contributed by atoms with E-state index in [0.717, 1.165) is 4.90 Å². The highest BCUT2D eigenvalue weighted by Crippen LogP contribution is 2.34. The number of likely N-dealkylation sites (tertiary alicyclic amines) is 1. The number of β-amino-alcohol motifs (C(OH)–C–C–N with tert-alkyl or cyclic N) is 1. The summed E-state index contributed by atoms with van der Waals surface area (Å²) in [7, 11) is 0. The van der Waals surface area contributed by atoms with Gasteiger partial charge in [0.1, 0.15) is 17.6 Å². The fourth-order valence-corrected chi connectivity index (χ4v) is 4.00. The fourth-order valence-electron chi connectivity index (χ4n) is 4.00. The maximum atomic E-state index is 12.3. The van der Waals surface area contributed by atoms with Crippen molar-refractivity contribution in [3.63, 3.8) is 0 Å². The number of amides is 3. The van der Waals surface area contributed by atoms with E-state index in [-0.39, 0.29) is 36.4 Å². The number of carbonyl (C=O) groups excluding carboxylic acids is 2. The van der Waals surface area contributed by atoms with Crippen LogP contribution in [-0.2, 0) is 9.59 Å². The number of carboxylic acid groups (broad SMARTS) is 1. The molecule has 2 heterocycles. The minimum absolute atomic E-state index is 0.0491. The van der Waals surface area contributed by atoms with Crippen LogP contribution < -0.4 is 10.1 Å². The second-order valence-electron chi connectivity index (χ2n) is 8.85. The van der Waals surface area contributed by atoms with Gasteiger partial charge in [-0.15, -0.1) is 0 Å². The number of anilines is 1. The maximum absolute atomic E-state index is 12.3. The Labute approximate surface area is 181 Å². The van der Waals surface area contributed by atoms with Crippen molar-refractivity contribution in [3.8, 4) is 5.75 Å². The predicted molar refractivity (Wildman–Crippen MR) is 114 cm³/mol. The Morgan fingerprint density at radius 2 is 2.03 bits per heavy atom. The molecule has 3 amide bonds. The Hall–Kier alpha value is -3.07. The van der Waals surface area contributed by atoms with E-state index in [2.05, 4.69) is 5.32 Å². The summed E-state index contributed by atoms with van der Waals surface area (Å²) in [5.74, 6) is -0.358. The number of aliphatic hydroxyl groups is 1. The van der Waals surface area contributed by atoms with Gasteiger partial charge < -0.3 is 25.2 Å². The molecule has 0 aromatic heterocycles. The highest BCUT2D eigenvalue weighted by atomic mass is 16.5. The van der Waals surface area contributed by atoms with Gasteiger partial charge in [-0.25, -0.2) is 4.79 Å². The molecule has 3 rings (SSSR count). The normalized spacial score (nSPS) is 21.9. The molecule has 0 bridgehead atoms. The highest BCUT2D eigenvalue weighted by molar-refractivity contribution is 6.17. The molecular formula is C22H29N3O6. The largest absolute Gasteiger partial charge is 0.490 e. The molecule has 9 heteroatoms. The Bertz CT molecular complexity index is 891. The van der Waals surface area contributed by atoms with E-state index < -0.39 is 17.9 Å². The quantitative estimate of drug-likeness (QED) is 0.591. The molecule has 0 radical (unpaired) electrons. The van der Waals surface area contributed by atoms with Gasteiger partial charge in [0.2, 0.25) is 0 Å². The van der Waals surface area contributed by atoms with Crippen molar-refractivity contribution in [2.75, 3.05) is 25.0 Å². The molecule has 168 valence electrons. The van der Waals surface area contributed by atoms with Gasteiger partial charge in [-0.1, -0.05) is 26.8 Å². The Kier molecular flexibility index (Phi) is 6.54. The van der Waals surface area contributed by atoms with Crippen LogP contribution in [0, 0.1) is 5.41 Å². The van der Waals surface area contributed by atoms with Gasteiger partial charge in [-0.05, 0) is 17.5 Å². The van der Waals surface area contributed by atoms with E-state index in [1.54, 1.807) is 24.3 Å². The molecule has 9 nitrogen and oxygen atoms in total. The summed E-state index contributed by atoms with van der Waals surface area (Å²) in [4.78, 5) is 38.3. The van der Waals surface area contributed by atoms with Crippen LogP contribution in [0.25, 0.3) is 0 Å². The molecule has 2 atom stereocenters. The number of hydrogen-bond acceptors (Lipinski definition) is 6. The minimum atomic E-state index is -0.913. The average molecular weight is 431 g/mol. The third kappa shape index (κ3) is 5.16. The van der Waals surface area contributed by atoms with Crippen LogP contribution in [0.3, 0.4) is 0 Å². The average Bonchev–Trinajstić information content (AvgIpc) is 2.95. The van der Waals surface area contributed by atoms with Crippen molar-refractivity contribution in [1.29, 1.82) is 0 Å².